The van der Waals surface area contributed by atoms with Gasteiger partial charge >= 0.3 is 0 Å². The first-order valence-corrected chi connectivity index (χ1v) is 12.2. The Kier molecular flexibility index (Phi) is 5.26. The monoisotopic (exact) mass is 458 g/mol. The number of fused-ring (bicyclic) bond motifs is 1. The Morgan fingerprint density at radius 1 is 1.09 bits per heavy atom. The molecule has 0 radical (unpaired) electrons. The van der Waals surface area contributed by atoms with Gasteiger partial charge in [0.1, 0.15) is 11.2 Å². The fourth-order valence-corrected chi connectivity index (χ4v) is 5.54. The van der Waals surface area contributed by atoms with Crippen molar-refractivity contribution in [3.05, 3.63) is 64.1 Å². The van der Waals surface area contributed by atoms with Crippen molar-refractivity contribution < 1.29 is 9.53 Å². The fraction of sp³-hybridized carbons (Fsp3) is 0.444. The molecule has 4 aliphatic rings. The lowest BCUT2D eigenvalue weighted by Crippen LogP contribution is -2.68. The van der Waals surface area contributed by atoms with Gasteiger partial charge in [-0.2, -0.15) is 0 Å². The number of amides is 1. The summed E-state index contributed by atoms with van der Waals surface area (Å²) >= 11 is 0. The third-order valence-corrected chi connectivity index (χ3v) is 7.72. The Hall–Kier alpha value is -3.03. The summed E-state index contributed by atoms with van der Waals surface area (Å²) in [5, 5.41) is 3.97. The van der Waals surface area contributed by atoms with E-state index < -0.39 is 0 Å². The maximum Gasteiger partial charge on any atom is 0.265 e. The number of rotatable bonds is 6. The van der Waals surface area contributed by atoms with Gasteiger partial charge in [0, 0.05) is 48.9 Å². The zero-order valence-corrected chi connectivity index (χ0v) is 19.5. The van der Waals surface area contributed by atoms with Crippen molar-refractivity contribution in [2.24, 2.45) is 5.92 Å². The third kappa shape index (κ3) is 3.83. The van der Waals surface area contributed by atoms with Gasteiger partial charge < -0.3 is 10.1 Å². The Bertz CT molecular complexity index is 1290. The number of carbonyl (C=O) groups is 1. The number of hydrogen-bond donors (Lipinski definition) is 1. The number of hydrogen-bond acceptors (Lipinski definition) is 5. The Morgan fingerprint density at radius 2 is 1.82 bits per heavy atom. The smallest absolute Gasteiger partial charge is 0.265 e. The van der Waals surface area contributed by atoms with Crippen molar-refractivity contribution in [3.8, 4) is 11.1 Å². The van der Waals surface area contributed by atoms with Crippen LogP contribution in [0.4, 0.5) is 0 Å². The first-order valence-electron chi connectivity index (χ1n) is 12.2. The standard InChI is InChI=1S/C27H30N4O3/c1-18-2-4-20(5-3-18)22-12-21-13-23(25(32)29-27-14-19(15-27)16-27)26(33)31(24(21)28-17-22)7-6-30-8-10-34-11-9-30/h2-5,12-13,17,19H,6-11,14-16H2,1H3,(H,29,32). The van der Waals surface area contributed by atoms with Crippen LogP contribution in [0.25, 0.3) is 22.2 Å². The third-order valence-electron chi connectivity index (χ3n) is 7.72. The molecular weight excluding hydrogens is 428 g/mol. The van der Waals surface area contributed by atoms with Crippen LogP contribution >= 0.6 is 0 Å². The van der Waals surface area contributed by atoms with E-state index in [4.69, 9.17) is 9.72 Å². The Balaban J connectivity index is 1.38. The summed E-state index contributed by atoms with van der Waals surface area (Å²) in [6, 6.07) is 12.1. The Labute approximate surface area is 198 Å². The number of pyridine rings is 2. The van der Waals surface area contributed by atoms with Crippen LogP contribution in [0.5, 0.6) is 0 Å². The van der Waals surface area contributed by atoms with Gasteiger partial charge in [-0.15, -0.1) is 0 Å². The first kappa shape index (κ1) is 21.5. The highest BCUT2D eigenvalue weighted by Gasteiger charge is 2.57. The highest BCUT2D eigenvalue weighted by atomic mass is 16.5. The van der Waals surface area contributed by atoms with Crippen LogP contribution in [0, 0.1) is 12.8 Å². The maximum absolute atomic E-state index is 13.5. The second-order valence-electron chi connectivity index (χ2n) is 10.2. The van der Waals surface area contributed by atoms with Crippen molar-refractivity contribution in [2.75, 3.05) is 32.8 Å². The van der Waals surface area contributed by atoms with E-state index in [0.717, 1.165) is 61.3 Å². The van der Waals surface area contributed by atoms with Gasteiger partial charge in [-0.3, -0.25) is 19.1 Å². The van der Waals surface area contributed by atoms with Crippen LogP contribution in [0.1, 0.15) is 35.2 Å². The molecule has 2 bridgehead atoms. The molecule has 1 aliphatic heterocycles. The molecule has 0 atom stereocenters. The molecule has 1 N–H and O–H groups in total. The fourth-order valence-electron chi connectivity index (χ4n) is 5.54. The minimum atomic E-state index is -0.263. The maximum atomic E-state index is 13.5. The molecule has 1 saturated heterocycles. The number of nitrogens with zero attached hydrogens (tertiary/aromatic N) is 3. The van der Waals surface area contributed by atoms with Gasteiger partial charge in [-0.1, -0.05) is 29.8 Å². The van der Waals surface area contributed by atoms with Gasteiger partial charge in [0.25, 0.3) is 11.5 Å². The van der Waals surface area contributed by atoms with Crippen LogP contribution in [0.2, 0.25) is 0 Å². The summed E-state index contributed by atoms with van der Waals surface area (Å²) in [4.78, 5) is 33.7. The highest BCUT2D eigenvalue weighted by molar-refractivity contribution is 5.98. The molecule has 7 nitrogen and oxygen atoms in total. The van der Waals surface area contributed by atoms with E-state index in [2.05, 4.69) is 41.4 Å². The molecule has 7 rings (SSSR count). The normalized spacial score (nSPS) is 23.9. The number of ether oxygens (including phenoxy) is 1. The van der Waals surface area contributed by atoms with Crippen molar-refractivity contribution in [1.29, 1.82) is 0 Å². The van der Waals surface area contributed by atoms with Crippen molar-refractivity contribution in [1.82, 2.24) is 19.8 Å². The molecule has 4 fully saturated rings. The van der Waals surface area contributed by atoms with E-state index in [9.17, 15) is 9.59 Å². The lowest BCUT2D eigenvalue weighted by molar-refractivity contribution is -0.0438. The Morgan fingerprint density at radius 3 is 2.50 bits per heavy atom. The molecule has 0 spiro atoms. The number of aromatic nitrogens is 2. The van der Waals surface area contributed by atoms with Gasteiger partial charge in [0.15, 0.2) is 0 Å². The molecule has 0 unspecified atom stereocenters. The highest BCUT2D eigenvalue weighted by Crippen LogP contribution is 2.56. The SMILES string of the molecule is Cc1ccc(-c2cnc3c(c2)cc(C(=O)NC24CC(C2)C4)c(=O)n3CCN2CCOCC2)cc1. The molecule has 1 aromatic carbocycles. The van der Waals surface area contributed by atoms with Crippen molar-refractivity contribution in [2.45, 2.75) is 38.3 Å². The summed E-state index contributed by atoms with van der Waals surface area (Å²) in [7, 11) is 0. The van der Waals surface area contributed by atoms with E-state index in [1.54, 1.807) is 10.6 Å². The lowest BCUT2D eigenvalue weighted by atomic mass is 9.50. The predicted molar refractivity (Wildman–Crippen MR) is 131 cm³/mol. The van der Waals surface area contributed by atoms with E-state index in [-0.39, 0.29) is 22.6 Å². The van der Waals surface area contributed by atoms with Crippen LogP contribution in [-0.2, 0) is 11.3 Å². The number of aryl methyl sites for hydroxylation is 1. The van der Waals surface area contributed by atoms with E-state index in [1.165, 1.54) is 5.56 Å². The second-order valence-corrected chi connectivity index (χ2v) is 10.2. The molecular formula is C27H30N4O3. The zero-order valence-electron chi connectivity index (χ0n) is 19.5. The summed E-state index contributed by atoms with van der Waals surface area (Å²) in [6.45, 7) is 6.38. The predicted octanol–water partition coefficient (Wildman–Crippen LogP) is 2.99. The molecule has 3 aliphatic carbocycles. The molecule has 3 aromatic rings. The molecule has 3 saturated carbocycles. The zero-order chi connectivity index (χ0) is 23.3. The van der Waals surface area contributed by atoms with Gasteiger partial charge in [-0.05, 0) is 49.8 Å². The number of morpholine rings is 1. The molecule has 2 aromatic heterocycles. The van der Waals surface area contributed by atoms with Crippen LogP contribution < -0.4 is 10.9 Å². The number of carbonyl (C=O) groups excluding carboxylic acids is 1. The largest absolute Gasteiger partial charge is 0.379 e. The summed E-state index contributed by atoms with van der Waals surface area (Å²) in [5.74, 6) is 0.495. The molecule has 3 heterocycles. The molecule has 1 amide bonds. The van der Waals surface area contributed by atoms with E-state index >= 15 is 0 Å². The van der Waals surface area contributed by atoms with Gasteiger partial charge in [0.2, 0.25) is 0 Å². The topological polar surface area (TPSA) is 76.5 Å². The van der Waals surface area contributed by atoms with E-state index in [1.807, 2.05) is 12.3 Å². The second kappa shape index (κ2) is 8.32. The summed E-state index contributed by atoms with van der Waals surface area (Å²) in [6.07, 6.45) is 4.93. The van der Waals surface area contributed by atoms with Crippen LogP contribution in [0.3, 0.4) is 0 Å². The first-order chi connectivity index (χ1) is 16.5. The van der Waals surface area contributed by atoms with Crippen LogP contribution in [0.15, 0.2) is 47.4 Å². The molecule has 7 heteroatoms. The van der Waals surface area contributed by atoms with Crippen molar-refractivity contribution >= 4 is 16.9 Å². The van der Waals surface area contributed by atoms with Gasteiger partial charge in [0.05, 0.1) is 13.2 Å². The van der Waals surface area contributed by atoms with Gasteiger partial charge in [-0.25, -0.2) is 4.98 Å². The number of nitrogens with one attached hydrogen (secondary N) is 1. The molecule has 34 heavy (non-hydrogen) atoms. The lowest BCUT2D eigenvalue weighted by Gasteiger charge is -2.61. The van der Waals surface area contributed by atoms with Crippen LogP contribution in [-0.4, -0.2) is 58.7 Å². The quantitative estimate of drug-likeness (QED) is 0.615. The van der Waals surface area contributed by atoms with Crippen molar-refractivity contribution in [3.63, 3.8) is 0 Å². The summed E-state index contributed by atoms with van der Waals surface area (Å²) in [5.41, 5.74) is 3.72. The minimum Gasteiger partial charge on any atom is -0.379 e. The summed E-state index contributed by atoms with van der Waals surface area (Å²) < 4.78 is 7.13. The average molecular weight is 459 g/mol. The minimum absolute atomic E-state index is 0.0796. The van der Waals surface area contributed by atoms with E-state index in [0.29, 0.717) is 25.4 Å². The average Bonchev–Trinajstić information content (AvgIpc) is 2.80. The molecule has 176 valence electrons. The number of benzene rings is 1.